The number of thiophene rings is 1. The van der Waals surface area contributed by atoms with Crippen molar-refractivity contribution < 1.29 is 4.39 Å². The third kappa shape index (κ3) is 2.58. The van der Waals surface area contributed by atoms with Crippen LogP contribution < -0.4 is 11.1 Å². The molecule has 1 atom stereocenters. The van der Waals surface area contributed by atoms with Crippen molar-refractivity contribution in [2.24, 2.45) is 0 Å². The van der Waals surface area contributed by atoms with Gasteiger partial charge in [-0.15, -0.1) is 0 Å². The van der Waals surface area contributed by atoms with Gasteiger partial charge in [0.05, 0.1) is 11.4 Å². The summed E-state index contributed by atoms with van der Waals surface area (Å²) in [4.78, 5) is 0. The Kier molecular flexibility index (Phi) is 3.33. The first-order valence-electron chi connectivity index (χ1n) is 5.42. The molecule has 0 bridgehead atoms. The number of benzene rings is 1. The summed E-state index contributed by atoms with van der Waals surface area (Å²) in [6, 6.07) is 5.33. The van der Waals surface area contributed by atoms with Crippen molar-refractivity contribution in [3.8, 4) is 0 Å². The Hall–Kier alpha value is -1.55. The second-order valence-corrected chi connectivity index (χ2v) is 4.89. The molecule has 1 unspecified atom stereocenters. The Morgan fingerprint density at radius 3 is 2.82 bits per heavy atom. The first-order valence-corrected chi connectivity index (χ1v) is 6.36. The average Bonchev–Trinajstić information content (AvgIpc) is 2.79. The number of nitrogens with one attached hydrogen (secondary N) is 1. The number of aryl methyl sites for hydroxylation is 1. The molecule has 4 heteroatoms. The van der Waals surface area contributed by atoms with Crippen molar-refractivity contribution in [2.75, 3.05) is 11.1 Å². The van der Waals surface area contributed by atoms with Crippen LogP contribution in [0.4, 0.5) is 15.8 Å². The zero-order valence-electron chi connectivity index (χ0n) is 9.83. The van der Waals surface area contributed by atoms with Gasteiger partial charge in [-0.3, -0.25) is 0 Å². The molecule has 0 spiro atoms. The van der Waals surface area contributed by atoms with Crippen LogP contribution in [0.5, 0.6) is 0 Å². The lowest BCUT2D eigenvalue weighted by atomic mass is 10.1. The highest BCUT2D eigenvalue weighted by Gasteiger charge is 2.09. The summed E-state index contributed by atoms with van der Waals surface area (Å²) >= 11 is 1.66. The normalized spacial score (nSPS) is 12.4. The highest BCUT2D eigenvalue weighted by Crippen LogP contribution is 2.27. The molecule has 0 saturated heterocycles. The lowest BCUT2D eigenvalue weighted by Crippen LogP contribution is -2.08. The number of anilines is 2. The van der Waals surface area contributed by atoms with E-state index in [0.29, 0.717) is 11.3 Å². The van der Waals surface area contributed by atoms with E-state index in [9.17, 15) is 4.39 Å². The monoisotopic (exact) mass is 250 g/mol. The van der Waals surface area contributed by atoms with E-state index < -0.39 is 0 Å². The van der Waals surface area contributed by atoms with Crippen LogP contribution in [-0.4, -0.2) is 0 Å². The minimum absolute atomic E-state index is 0.161. The van der Waals surface area contributed by atoms with Crippen molar-refractivity contribution in [3.63, 3.8) is 0 Å². The van der Waals surface area contributed by atoms with Gasteiger partial charge in [-0.1, -0.05) is 0 Å². The second kappa shape index (κ2) is 4.75. The highest BCUT2D eigenvalue weighted by atomic mass is 32.1. The smallest absolute Gasteiger partial charge is 0.128 e. The predicted molar refractivity (Wildman–Crippen MR) is 71.9 cm³/mol. The van der Waals surface area contributed by atoms with E-state index in [1.807, 2.05) is 5.38 Å². The Morgan fingerprint density at radius 2 is 2.18 bits per heavy atom. The Bertz CT molecular complexity index is 508. The van der Waals surface area contributed by atoms with Crippen molar-refractivity contribution in [2.45, 2.75) is 19.9 Å². The molecule has 2 nitrogen and oxygen atoms in total. The standard InChI is InChI=1S/C13H15FN2S/c1-8-5-13(12(15)6-11(8)14)16-9(2)10-3-4-17-7-10/h3-7,9,16H,15H2,1-2H3. The molecule has 3 N–H and O–H groups in total. The molecular formula is C13H15FN2S. The van der Waals surface area contributed by atoms with Gasteiger partial charge in [0.25, 0.3) is 0 Å². The molecular weight excluding hydrogens is 235 g/mol. The molecule has 1 aromatic heterocycles. The van der Waals surface area contributed by atoms with Crippen LogP contribution >= 0.6 is 11.3 Å². The quantitative estimate of drug-likeness (QED) is 0.809. The summed E-state index contributed by atoms with van der Waals surface area (Å²) in [5, 5.41) is 7.42. The fraction of sp³-hybridized carbons (Fsp3) is 0.231. The first kappa shape index (κ1) is 11.9. The largest absolute Gasteiger partial charge is 0.397 e. The number of hydrogen-bond acceptors (Lipinski definition) is 3. The molecule has 90 valence electrons. The van der Waals surface area contributed by atoms with Gasteiger partial charge < -0.3 is 11.1 Å². The zero-order valence-corrected chi connectivity index (χ0v) is 10.6. The molecule has 1 aromatic carbocycles. The molecule has 0 aliphatic heterocycles. The number of nitrogen functional groups attached to an aromatic ring is 1. The maximum Gasteiger partial charge on any atom is 0.128 e. The number of halogens is 1. The van der Waals surface area contributed by atoms with Crippen molar-refractivity contribution in [1.82, 2.24) is 0 Å². The SMILES string of the molecule is Cc1cc(NC(C)c2ccsc2)c(N)cc1F. The minimum Gasteiger partial charge on any atom is -0.397 e. The van der Waals surface area contributed by atoms with Crippen LogP contribution in [0, 0.1) is 12.7 Å². The molecule has 17 heavy (non-hydrogen) atoms. The Balaban J connectivity index is 2.22. The minimum atomic E-state index is -0.267. The lowest BCUT2D eigenvalue weighted by Gasteiger charge is -2.16. The van der Waals surface area contributed by atoms with Crippen LogP contribution in [0.2, 0.25) is 0 Å². The molecule has 0 aliphatic rings. The van der Waals surface area contributed by atoms with Gasteiger partial charge in [-0.2, -0.15) is 11.3 Å². The highest BCUT2D eigenvalue weighted by molar-refractivity contribution is 7.07. The molecule has 0 radical (unpaired) electrons. The van der Waals surface area contributed by atoms with Gasteiger partial charge in [-0.05, 0) is 53.9 Å². The van der Waals surface area contributed by atoms with E-state index >= 15 is 0 Å². The molecule has 0 amide bonds. The molecule has 0 saturated carbocycles. The summed E-state index contributed by atoms with van der Waals surface area (Å²) in [7, 11) is 0. The van der Waals surface area contributed by atoms with Crippen molar-refractivity contribution in [1.29, 1.82) is 0 Å². The molecule has 2 rings (SSSR count). The van der Waals surface area contributed by atoms with Gasteiger partial charge >= 0.3 is 0 Å². The zero-order chi connectivity index (χ0) is 12.4. The Labute approximate surface area is 104 Å². The predicted octanol–water partition coefficient (Wildman–Crippen LogP) is 3.95. The Morgan fingerprint density at radius 1 is 1.41 bits per heavy atom. The van der Waals surface area contributed by atoms with Crippen molar-refractivity contribution >= 4 is 22.7 Å². The lowest BCUT2D eigenvalue weighted by molar-refractivity contribution is 0.619. The molecule has 0 aliphatic carbocycles. The van der Waals surface area contributed by atoms with Gasteiger partial charge in [0, 0.05) is 6.04 Å². The van der Waals surface area contributed by atoms with E-state index in [1.54, 1.807) is 24.3 Å². The fourth-order valence-corrected chi connectivity index (χ4v) is 2.41. The second-order valence-electron chi connectivity index (χ2n) is 4.11. The van der Waals surface area contributed by atoms with E-state index in [4.69, 9.17) is 5.73 Å². The topological polar surface area (TPSA) is 38.0 Å². The van der Waals surface area contributed by atoms with Gasteiger partial charge in [0.1, 0.15) is 5.82 Å². The fourth-order valence-electron chi connectivity index (χ4n) is 1.66. The third-order valence-corrected chi connectivity index (χ3v) is 3.45. The van der Waals surface area contributed by atoms with Gasteiger partial charge in [0.2, 0.25) is 0 Å². The van der Waals surface area contributed by atoms with E-state index in [-0.39, 0.29) is 11.9 Å². The van der Waals surface area contributed by atoms with Crippen LogP contribution in [-0.2, 0) is 0 Å². The van der Waals surface area contributed by atoms with Crippen molar-refractivity contribution in [3.05, 3.63) is 45.9 Å². The van der Waals surface area contributed by atoms with Crippen LogP contribution in [0.15, 0.2) is 29.0 Å². The first-order chi connectivity index (χ1) is 8.08. The van der Waals surface area contributed by atoms with Gasteiger partial charge in [0.15, 0.2) is 0 Å². The maximum atomic E-state index is 13.3. The summed E-state index contributed by atoms with van der Waals surface area (Å²) in [6.45, 7) is 3.79. The van der Waals surface area contributed by atoms with E-state index in [1.165, 1.54) is 11.6 Å². The third-order valence-electron chi connectivity index (χ3n) is 2.75. The summed E-state index contributed by atoms with van der Waals surface area (Å²) < 4.78 is 13.3. The van der Waals surface area contributed by atoms with E-state index in [2.05, 4.69) is 23.7 Å². The van der Waals surface area contributed by atoms with Gasteiger partial charge in [-0.25, -0.2) is 4.39 Å². The number of hydrogen-bond donors (Lipinski definition) is 2. The summed E-state index contributed by atoms with van der Waals surface area (Å²) in [6.07, 6.45) is 0. The molecule has 2 aromatic rings. The average molecular weight is 250 g/mol. The maximum absolute atomic E-state index is 13.3. The van der Waals surface area contributed by atoms with Crippen LogP contribution in [0.3, 0.4) is 0 Å². The summed E-state index contributed by atoms with van der Waals surface area (Å²) in [5.74, 6) is -0.267. The van der Waals surface area contributed by atoms with Crippen LogP contribution in [0.25, 0.3) is 0 Å². The molecule has 1 heterocycles. The van der Waals surface area contributed by atoms with Crippen LogP contribution in [0.1, 0.15) is 24.1 Å². The number of nitrogens with two attached hydrogens (primary N) is 1. The summed E-state index contributed by atoms with van der Waals surface area (Å²) in [5.41, 5.74) is 8.81. The van der Waals surface area contributed by atoms with E-state index in [0.717, 1.165) is 5.69 Å². The number of rotatable bonds is 3. The molecule has 0 fully saturated rings.